The predicted octanol–water partition coefficient (Wildman–Crippen LogP) is 2.55. The number of hydrogen-bond donors (Lipinski definition) is 0. The first kappa shape index (κ1) is 16.1. The Morgan fingerprint density at radius 2 is 1.71 bits per heavy atom. The second-order valence-electron chi connectivity index (χ2n) is 7.74. The average Bonchev–Trinajstić information content (AvgIpc) is 3.18. The number of benzene rings is 1. The van der Waals surface area contributed by atoms with Crippen LogP contribution in [0, 0.1) is 0 Å². The van der Waals surface area contributed by atoms with Crippen LogP contribution in [0.3, 0.4) is 0 Å². The van der Waals surface area contributed by atoms with Gasteiger partial charge >= 0.3 is 0 Å². The molecule has 2 aliphatic heterocycles. The fourth-order valence-electron chi connectivity index (χ4n) is 4.90. The number of carbonyl (C=O) groups is 1. The Morgan fingerprint density at radius 3 is 2.46 bits per heavy atom. The molecule has 2 heterocycles. The third kappa shape index (κ3) is 2.66. The highest BCUT2D eigenvalue weighted by atomic mass is 16.2. The maximum atomic E-state index is 13.0. The highest BCUT2D eigenvalue weighted by molar-refractivity contribution is 6.00. The summed E-state index contributed by atoms with van der Waals surface area (Å²) in [7, 11) is 2.20. The highest BCUT2D eigenvalue weighted by Crippen LogP contribution is 2.49. The third-order valence-electron chi connectivity index (χ3n) is 6.30. The van der Waals surface area contributed by atoms with Crippen LogP contribution in [0.1, 0.15) is 48.0 Å². The number of amides is 1. The maximum Gasteiger partial charge on any atom is 0.254 e. The summed E-state index contributed by atoms with van der Waals surface area (Å²) in [6.45, 7) is 6.67. The van der Waals surface area contributed by atoms with Crippen LogP contribution >= 0.6 is 0 Å². The normalized spacial score (nSPS) is 24.0. The Balaban J connectivity index is 1.44. The van der Waals surface area contributed by atoms with Gasteiger partial charge in [0.25, 0.3) is 5.91 Å². The minimum atomic E-state index is 0.00971. The second-order valence-corrected chi connectivity index (χ2v) is 7.74. The summed E-state index contributed by atoms with van der Waals surface area (Å²) in [6.07, 6.45) is 5.87. The van der Waals surface area contributed by atoms with E-state index in [4.69, 9.17) is 0 Å². The van der Waals surface area contributed by atoms with Crippen molar-refractivity contribution in [3.05, 3.63) is 35.4 Å². The third-order valence-corrected chi connectivity index (χ3v) is 6.30. The van der Waals surface area contributed by atoms with Crippen LogP contribution in [0.5, 0.6) is 0 Å². The van der Waals surface area contributed by atoms with Crippen molar-refractivity contribution in [2.45, 2.75) is 37.6 Å². The molecule has 1 saturated heterocycles. The maximum absolute atomic E-state index is 13.0. The summed E-state index contributed by atoms with van der Waals surface area (Å²) in [5.74, 6) is 0.269. The number of hydrogen-bond acceptors (Lipinski definition) is 3. The first-order valence-corrected chi connectivity index (χ1v) is 9.53. The van der Waals surface area contributed by atoms with Gasteiger partial charge in [-0.2, -0.15) is 0 Å². The van der Waals surface area contributed by atoms with Gasteiger partial charge in [-0.15, -0.1) is 0 Å². The van der Waals surface area contributed by atoms with Crippen molar-refractivity contribution in [2.24, 2.45) is 0 Å². The number of rotatable bonds is 4. The number of nitrogens with zero attached hydrogens (tertiary/aromatic N) is 3. The van der Waals surface area contributed by atoms with Crippen molar-refractivity contribution in [1.82, 2.24) is 14.7 Å². The fourth-order valence-corrected chi connectivity index (χ4v) is 4.90. The molecule has 0 radical (unpaired) electrons. The first-order valence-electron chi connectivity index (χ1n) is 9.53. The zero-order valence-electron chi connectivity index (χ0n) is 14.8. The zero-order chi connectivity index (χ0) is 16.6. The van der Waals surface area contributed by atoms with Gasteiger partial charge in [-0.25, -0.2) is 0 Å². The molecule has 1 aliphatic carbocycles. The lowest BCUT2D eigenvalue weighted by atomic mass is 9.88. The van der Waals surface area contributed by atoms with Crippen LogP contribution in [-0.4, -0.2) is 66.9 Å². The summed E-state index contributed by atoms with van der Waals surface area (Å²) in [5, 5.41) is 0. The Kier molecular flexibility index (Phi) is 4.35. The SMILES string of the molecule is CN1CCN(CCCN2C(=O)c3ccccc3C23CCCC3)CC1. The van der Waals surface area contributed by atoms with Gasteiger partial charge in [0.15, 0.2) is 0 Å². The molecule has 3 aliphatic rings. The van der Waals surface area contributed by atoms with Gasteiger partial charge in [-0.05, 0) is 44.5 Å². The molecule has 0 aromatic heterocycles. The molecule has 1 saturated carbocycles. The molecule has 0 N–H and O–H groups in total. The van der Waals surface area contributed by atoms with Crippen molar-refractivity contribution >= 4 is 5.91 Å². The predicted molar refractivity (Wildman–Crippen MR) is 96.2 cm³/mol. The van der Waals surface area contributed by atoms with E-state index >= 15 is 0 Å². The van der Waals surface area contributed by atoms with Crippen molar-refractivity contribution < 1.29 is 4.79 Å². The van der Waals surface area contributed by atoms with Gasteiger partial charge in [-0.3, -0.25) is 4.79 Å². The lowest BCUT2D eigenvalue weighted by Crippen LogP contribution is -2.46. The number of likely N-dealkylation sites (N-methyl/N-ethyl adjacent to an activating group) is 1. The molecule has 4 nitrogen and oxygen atoms in total. The molecule has 1 aromatic rings. The van der Waals surface area contributed by atoms with E-state index in [9.17, 15) is 4.79 Å². The summed E-state index contributed by atoms with van der Waals surface area (Å²) in [4.78, 5) is 20.2. The van der Waals surface area contributed by atoms with E-state index in [-0.39, 0.29) is 11.4 Å². The lowest BCUT2D eigenvalue weighted by Gasteiger charge is -2.37. The van der Waals surface area contributed by atoms with Crippen molar-refractivity contribution in [3.8, 4) is 0 Å². The van der Waals surface area contributed by atoms with E-state index in [2.05, 4.69) is 33.9 Å². The molecule has 0 atom stereocenters. The van der Waals surface area contributed by atoms with Crippen LogP contribution in [-0.2, 0) is 5.54 Å². The smallest absolute Gasteiger partial charge is 0.254 e. The second kappa shape index (κ2) is 6.49. The van der Waals surface area contributed by atoms with E-state index in [0.29, 0.717) is 0 Å². The summed E-state index contributed by atoms with van der Waals surface area (Å²) < 4.78 is 0. The Bertz CT molecular complexity index is 601. The summed E-state index contributed by atoms with van der Waals surface area (Å²) in [6, 6.07) is 8.32. The molecule has 130 valence electrons. The van der Waals surface area contributed by atoms with Crippen LogP contribution in [0.25, 0.3) is 0 Å². The zero-order valence-corrected chi connectivity index (χ0v) is 14.8. The molecule has 1 aromatic carbocycles. The standard InChI is InChI=1S/C20H29N3O/c1-21-13-15-22(16-14-21)11-6-12-23-19(24)17-7-2-3-8-18(17)20(23)9-4-5-10-20/h2-3,7-8H,4-6,9-16H2,1H3. The minimum absolute atomic E-state index is 0.00971. The van der Waals surface area contributed by atoms with Gasteiger partial charge in [0.1, 0.15) is 0 Å². The molecule has 4 heteroatoms. The Hall–Kier alpha value is -1.39. The van der Waals surface area contributed by atoms with Gasteiger partial charge in [0.05, 0.1) is 5.54 Å². The molecule has 1 amide bonds. The van der Waals surface area contributed by atoms with Gasteiger partial charge in [0, 0.05) is 38.3 Å². The molecule has 0 bridgehead atoms. The van der Waals surface area contributed by atoms with Gasteiger partial charge in [0.2, 0.25) is 0 Å². The van der Waals surface area contributed by atoms with Crippen LogP contribution in [0.4, 0.5) is 0 Å². The highest BCUT2D eigenvalue weighted by Gasteiger charge is 2.50. The Morgan fingerprint density at radius 1 is 1.00 bits per heavy atom. The van der Waals surface area contributed by atoms with Crippen LogP contribution in [0.15, 0.2) is 24.3 Å². The van der Waals surface area contributed by atoms with Crippen molar-refractivity contribution in [1.29, 1.82) is 0 Å². The van der Waals surface area contributed by atoms with Gasteiger partial charge in [-0.1, -0.05) is 31.0 Å². The van der Waals surface area contributed by atoms with Crippen LogP contribution in [0.2, 0.25) is 0 Å². The van der Waals surface area contributed by atoms with Crippen molar-refractivity contribution in [2.75, 3.05) is 46.3 Å². The van der Waals surface area contributed by atoms with Crippen molar-refractivity contribution in [3.63, 3.8) is 0 Å². The molecule has 2 fully saturated rings. The fraction of sp³-hybridized carbons (Fsp3) is 0.650. The average molecular weight is 327 g/mol. The van der Waals surface area contributed by atoms with E-state index in [0.717, 1.165) is 64.1 Å². The van der Waals surface area contributed by atoms with E-state index in [1.807, 2.05) is 12.1 Å². The first-order chi connectivity index (χ1) is 11.7. The summed E-state index contributed by atoms with van der Waals surface area (Å²) >= 11 is 0. The quantitative estimate of drug-likeness (QED) is 0.850. The topological polar surface area (TPSA) is 26.8 Å². The van der Waals surface area contributed by atoms with Crippen LogP contribution < -0.4 is 0 Å². The summed E-state index contributed by atoms with van der Waals surface area (Å²) in [5.41, 5.74) is 2.27. The molecular weight excluding hydrogens is 298 g/mol. The van der Waals surface area contributed by atoms with E-state index in [1.165, 1.54) is 18.4 Å². The lowest BCUT2D eigenvalue weighted by molar-refractivity contribution is 0.0533. The number of piperazine rings is 1. The molecule has 24 heavy (non-hydrogen) atoms. The molecule has 4 rings (SSSR count). The van der Waals surface area contributed by atoms with E-state index in [1.54, 1.807) is 0 Å². The number of fused-ring (bicyclic) bond motifs is 2. The largest absolute Gasteiger partial charge is 0.329 e. The molecule has 0 unspecified atom stereocenters. The monoisotopic (exact) mass is 327 g/mol. The molecule has 1 spiro atoms. The Labute approximate surface area is 145 Å². The minimum Gasteiger partial charge on any atom is -0.329 e. The molecular formula is C20H29N3O. The number of carbonyl (C=O) groups excluding carboxylic acids is 1. The van der Waals surface area contributed by atoms with E-state index < -0.39 is 0 Å². The van der Waals surface area contributed by atoms with Gasteiger partial charge < -0.3 is 14.7 Å².